The zero-order chi connectivity index (χ0) is 15.2. The van der Waals surface area contributed by atoms with Crippen LogP contribution in [0.5, 0.6) is 0 Å². The van der Waals surface area contributed by atoms with Gasteiger partial charge in [0.05, 0.1) is 18.1 Å². The molecule has 0 unspecified atom stereocenters. The van der Waals surface area contributed by atoms with Crippen molar-refractivity contribution in [3.05, 3.63) is 17.1 Å². The second kappa shape index (κ2) is 7.64. The summed E-state index contributed by atoms with van der Waals surface area (Å²) in [5.74, 6) is 1.23. The summed E-state index contributed by atoms with van der Waals surface area (Å²) in [6.45, 7) is 3.86. The van der Waals surface area contributed by atoms with Gasteiger partial charge < -0.3 is 10.5 Å². The normalized spacial score (nSPS) is 15.9. The van der Waals surface area contributed by atoms with E-state index in [2.05, 4.69) is 9.97 Å². The Morgan fingerprint density at radius 2 is 2.05 bits per heavy atom. The van der Waals surface area contributed by atoms with Gasteiger partial charge >= 0.3 is 5.97 Å². The van der Waals surface area contributed by atoms with Crippen molar-refractivity contribution in [3.8, 4) is 0 Å². The summed E-state index contributed by atoms with van der Waals surface area (Å²) in [6, 6.07) is 0. The third kappa shape index (κ3) is 4.33. The van der Waals surface area contributed by atoms with Gasteiger partial charge in [0, 0.05) is 5.25 Å². The molecule has 1 aliphatic rings. The second-order valence-electron chi connectivity index (χ2n) is 5.28. The summed E-state index contributed by atoms with van der Waals surface area (Å²) in [5.41, 5.74) is 6.79. The minimum Gasteiger partial charge on any atom is -0.462 e. The minimum absolute atomic E-state index is 0.222. The maximum Gasteiger partial charge on any atom is 0.343 e. The Labute approximate surface area is 130 Å². The maximum absolute atomic E-state index is 11.8. The molecule has 1 fully saturated rings. The number of nitrogens with two attached hydrogens (primary N) is 1. The number of anilines is 1. The molecule has 0 amide bonds. The lowest BCUT2D eigenvalue weighted by Crippen LogP contribution is -2.15. The van der Waals surface area contributed by atoms with Crippen molar-refractivity contribution in [2.45, 2.75) is 57.0 Å². The fraction of sp³-hybridized carbons (Fsp3) is 0.667. The molecule has 0 radical (unpaired) electrons. The first-order chi connectivity index (χ1) is 10.1. The van der Waals surface area contributed by atoms with Crippen LogP contribution in [0.4, 0.5) is 5.82 Å². The SMILES string of the molecule is CCOC(=O)c1c(C)nc(CSC2CCCCC2)nc1N. The van der Waals surface area contributed by atoms with Crippen LogP contribution in [0.2, 0.25) is 0 Å². The third-order valence-corrected chi connectivity index (χ3v) is 5.01. The Bertz CT molecular complexity index is 479. The first kappa shape index (κ1) is 16.1. The molecule has 2 N–H and O–H groups in total. The molecule has 1 aliphatic carbocycles. The average Bonchev–Trinajstić information content (AvgIpc) is 2.46. The number of aryl methyl sites for hydroxylation is 1. The summed E-state index contributed by atoms with van der Waals surface area (Å²) in [5, 5.41) is 0.702. The molecule has 0 saturated heterocycles. The van der Waals surface area contributed by atoms with Gasteiger partial charge in [-0.05, 0) is 26.7 Å². The number of aromatic nitrogens is 2. The lowest BCUT2D eigenvalue weighted by Gasteiger charge is -2.20. The third-order valence-electron chi connectivity index (χ3n) is 3.64. The van der Waals surface area contributed by atoms with Crippen LogP contribution in [0.3, 0.4) is 0 Å². The van der Waals surface area contributed by atoms with E-state index in [1.54, 1.807) is 13.8 Å². The Morgan fingerprint density at radius 1 is 1.33 bits per heavy atom. The van der Waals surface area contributed by atoms with Gasteiger partial charge in [-0.3, -0.25) is 0 Å². The minimum atomic E-state index is -0.445. The molecule has 116 valence electrons. The first-order valence-corrected chi connectivity index (χ1v) is 8.58. The van der Waals surface area contributed by atoms with Crippen molar-refractivity contribution >= 4 is 23.5 Å². The second-order valence-corrected chi connectivity index (χ2v) is 6.57. The number of ether oxygens (including phenoxy) is 1. The highest BCUT2D eigenvalue weighted by Crippen LogP contribution is 2.30. The van der Waals surface area contributed by atoms with E-state index in [-0.39, 0.29) is 5.82 Å². The number of rotatable bonds is 5. The van der Waals surface area contributed by atoms with E-state index in [9.17, 15) is 4.79 Å². The summed E-state index contributed by atoms with van der Waals surface area (Å²) in [7, 11) is 0. The zero-order valence-corrected chi connectivity index (χ0v) is 13.5. The number of carbonyl (C=O) groups excluding carboxylic acids is 1. The van der Waals surface area contributed by atoms with Gasteiger partial charge in [0.2, 0.25) is 0 Å². The van der Waals surface area contributed by atoms with E-state index in [1.165, 1.54) is 32.1 Å². The van der Waals surface area contributed by atoms with Crippen molar-refractivity contribution in [1.82, 2.24) is 9.97 Å². The monoisotopic (exact) mass is 309 g/mol. The molecule has 0 spiro atoms. The molecule has 0 atom stereocenters. The zero-order valence-electron chi connectivity index (χ0n) is 12.7. The molecule has 6 heteroatoms. The highest BCUT2D eigenvalue weighted by molar-refractivity contribution is 7.99. The number of nitrogens with zero attached hydrogens (tertiary/aromatic N) is 2. The summed E-state index contributed by atoms with van der Waals surface area (Å²) in [6.07, 6.45) is 6.55. The number of hydrogen-bond acceptors (Lipinski definition) is 6. The number of carbonyl (C=O) groups is 1. The van der Waals surface area contributed by atoms with E-state index < -0.39 is 5.97 Å². The largest absolute Gasteiger partial charge is 0.462 e. The fourth-order valence-corrected chi connectivity index (χ4v) is 3.78. The van der Waals surface area contributed by atoms with Gasteiger partial charge in [-0.25, -0.2) is 14.8 Å². The molecule has 1 aromatic rings. The van der Waals surface area contributed by atoms with Gasteiger partial charge in [-0.1, -0.05) is 19.3 Å². The van der Waals surface area contributed by atoms with Crippen molar-refractivity contribution in [2.24, 2.45) is 0 Å². The van der Waals surface area contributed by atoms with Crippen LogP contribution in [-0.4, -0.2) is 27.8 Å². The van der Waals surface area contributed by atoms with Gasteiger partial charge in [0.15, 0.2) is 0 Å². The van der Waals surface area contributed by atoms with Gasteiger partial charge in [-0.2, -0.15) is 11.8 Å². The van der Waals surface area contributed by atoms with Crippen LogP contribution in [0.1, 0.15) is 60.9 Å². The maximum atomic E-state index is 11.8. The molecule has 1 heterocycles. The van der Waals surface area contributed by atoms with Crippen LogP contribution in [0, 0.1) is 6.92 Å². The number of thioether (sulfide) groups is 1. The standard InChI is InChI=1S/C15H23N3O2S/c1-3-20-15(19)13-10(2)17-12(18-14(13)16)9-21-11-7-5-4-6-8-11/h11H,3-9H2,1-2H3,(H2,16,17,18). The van der Waals surface area contributed by atoms with Crippen LogP contribution < -0.4 is 5.73 Å². The Balaban J connectivity index is 2.03. The first-order valence-electron chi connectivity index (χ1n) is 7.53. The Kier molecular flexibility index (Phi) is 5.85. The van der Waals surface area contributed by atoms with E-state index in [4.69, 9.17) is 10.5 Å². The van der Waals surface area contributed by atoms with Crippen LogP contribution in [-0.2, 0) is 10.5 Å². The van der Waals surface area contributed by atoms with Crippen molar-refractivity contribution < 1.29 is 9.53 Å². The average molecular weight is 309 g/mol. The predicted molar refractivity (Wildman–Crippen MR) is 85.3 cm³/mol. The van der Waals surface area contributed by atoms with E-state index in [0.717, 1.165) is 5.75 Å². The summed E-state index contributed by atoms with van der Waals surface area (Å²) in [4.78, 5) is 20.5. The van der Waals surface area contributed by atoms with Gasteiger partial charge in [0.25, 0.3) is 0 Å². The topological polar surface area (TPSA) is 78.1 Å². The van der Waals surface area contributed by atoms with E-state index >= 15 is 0 Å². The summed E-state index contributed by atoms with van der Waals surface area (Å²) < 4.78 is 4.98. The molecule has 0 aliphatic heterocycles. The van der Waals surface area contributed by atoms with Crippen LogP contribution in [0.25, 0.3) is 0 Å². The summed E-state index contributed by atoms with van der Waals surface area (Å²) >= 11 is 1.90. The van der Waals surface area contributed by atoms with Crippen molar-refractivity contribution in [2.75, 3.05) is 12.3 Å². The molecule has 0 bridgehead atoms. The van der Waals surface area contributed by atoms with E-state index in [0.29, 0.717) is 28.9 Å². The molecule has 1 saturated carbocycles. The number of esters is 1. The molecule has 21 heavy (non-hydrogen) atoms. The fourth-order valence-electron chi connectivity index (χ4n) is 2.60. The van der Waals surface area contributed by atoms with Crippen molar-refractivity contribution in [3.63, 3.8) is 0 Å². The van der Waals surface area contributed by atoms with Gasteiger partial charge in [-0.15, -0.1) is 0 Å². The molecular formula is C15H23N3O2S. The molecule has 1 aromatic heterocycles. The lowest BCUT2D eigenvalue weighted by molar-refractivity contribution is 0.0526. The predicted octanol–water partition coefficient (Wildman–Crippen LogP) is 3.11. The highest BCUT2D eigenvalue weighted by Gasteiger charge is 2.19. The van der Waals surface area contributed by atoms with Crippen molar-refractivity contribution in [1.29, 1.82) is 0 Å². The quantitative estimate of drug-likeness (QED) is 0.842. The molecule has 0 aromatic carbocycles. The lowest BCUT2D eigenvalue weighted by atomic mass is 10.0. The Hall–Kier alpha value is -1.30. The van der Waals surface area contributed by atoms with E-state index in [1.807, 2.05) is 11.8 Å². The number of nitrogen functional groups attached to an aromatic ring is 1. The molecule has 5 nitrogen and oxygen atoms in total. The smallest absolute Gasteiger partial charge is 0.343 e. The Morgan fingerprint density at radius 3 is 2.67 bits per heavy atom. The van der Waals surface area contributed by atoms with Crippen LogP contribution >= 0.6 is 11.8 Å². The highest BCUT2D eigenvalue weighted by atomic mass is 32.2. The van der Waals surface area contributed by atoms with Crippen LogP contribution in [0.15, 0.2) is 0 Å². The molecule has 2 rings (SSSR count). The van der Waals surface area contributed by atoms with Gasteiger partial charge in [0.1, 0.15) is 17.2 Å². The molecular weight excluding hydrogens is 286 g/mol. The number of hydrogen-bond donors (Lipinski definition) is 1.